The van der Waals surface area contributed by atoms with E-state index in [4.69, 9.17) is 24.9 Å². The van der Waals surface area contributed by atoms with Crippen molar-refractivity contribution < 1.29 is 33.0 Å². The number of rotatable bonds is 13. The minimum Gasteiger partial charge on any atom is -0.491 e. The lowest BCUT2D eigenvalue weighted by atomic mass is 10.0. The van der Waals surface area contributed by atoms with Gasteiger partial charge in [0.25, 0.3) is 0 Å². The summed E-state index contributed by atoms with van der Waals surface area (Å²) >= 11 is 0. The number of aromatic nitrogens is 3. The van der Waals surface area contributed by atoms with Gasteiger partial charge in [0.2, 0.25) is 18.0 Å². The van der Waals surface area contributed by atoms with Crippen molar-refractivity contribution in [2.45, 2.75) is 116 Å². The normalized spacial score (nSPS) is 22.6. The average molecular weight is 916 g/mol. The van der Waals surface area contributed by atoms with E-state index in [1.807, 2.05) is 62.9 Å². The third-order valence-electron chi connectivity index (χ3n) is 13.8. The van der Waals surface area contributed by atoms with Gasteiger partial charge in [-0.1, -0.05) is 58.9 Å². The second-order valence-corrected chi connectivity index (χ2v) is 19.1. The van der Waals surface area contributed by atoms with Crippen molar-refractivity contribution >= 4 is 34.5 Å². The van der Waals surface area contributed by atoms with Gasteiger partial charge in [-0.05, 0) is 86.1 Å². The zero-order valence-corrected chi connectivity index (χ0v) is 39.3. The first-order valence-corrected chi connectivity index (χ1v) is 23.7. The maximum absolute atomic E-state index is 14.9. The molecule has 0 radical (unpaired) electrons. The molecule has 8 unspecified atom stereocenters. The van der Waals surface area contributed by atoms with Crippen LogP contribution in [0.3, 0.4) is 0 Å². The maximum atomic E-state index is 14.9. The molecule has 8 atom stereocenters. The maximum Gasteiger partial charge on any atom is 0.407 e. The van der Waals surface area contributed by atoms with Crippen molar-refractivity contribution in [2.75, 3.05) is 26.7 Å². The van der Waals surface area contributed by atoms with Crippen LogP contribution >= 0.6 is 0 Å². The number of ether oxygens (including phenoxy) is 3. The molecule has 67 heavy (non-hydrogen) atoms. The van der Waals surface area contributed by atoms with E-state index in [1.165, 1.54) is 12.0 Å². The molecule has 15 nitrogen and oxygen atoms in total. The van der Waals surface area contributed by atoms with Gasteiger partial charge in [-0.25, -0.2) is 14.2 Å². The monoisotopic (exact) mass is 915 g/mol. The highest BCUT2D eigenvalue weighted by Crippen LogP contribution is 2.46. The number of halogens is 1. The van der Waals surface area contributed by atoms with Crippen LogP contribution in [0.1, 0.15) is 96.4 Å². The smallest absolute Gasteiger partial charge is 0.407 e. The summed E-state index contributed by atoms with van der Waals surface area (Å²) in [5, 5.41) is 7.32. The summed E-state index contributed by atoms with van der Waals surface area (Å²) in [6.45, 7) is 12.9. The van der Waals surface area contributed by atoms with Crippen molar-refractivity contribution in [1.29, 1.82) is 0 Å². The highest BCUT2D eigenvalue weighted by Gasteiger charge is 2.42. The molecule has 6 heterocycles. The van der Waals surface area contributed by atoms with Crippen molar-refractivity contribution in [3.63, 3.8) is 0 Å². The first-order valence-electron chi connectivity index (χ1n) is 23.7. The number of alkyl halides is 1. The Morgan fingerprint density at radius 2 is 1.79 bits per heavy atom. The number of carbonyl (C=O) groups excluding carboxylic acids is 3. The number of benzene rings is 3. The number of nitrogens with zero attached hydrogens (tertiary/aromatic N) is 5. The van der Waals surface area contributed by atoms with Crippen LogP contribution in [0.25, 0.3) is 33.4 Å². The van der Waals surface area contributed by atoms with Gasteiger partial charge in [-0.15, -0.1) is 0 Å². The van der Waals surface area contributed by atoms with E-state index in [2.05, 4.69) is 75.4 Å². The number of nitrogens with two attached hydrogens (primary N) is 1. The predicted molar refractivity (Wildman–Crippen MR) is 255 cm³/mol. The number of fused-ring (bicyclic) bond motifs is 5. The van der Waals surface area contributed by atoms with Crippen molar-refractivity contribution in [3.8, 4) is 34.0 Å². The molecule has 2 fully saturated rings. The second-order valence-electron chi connectivity index (χ2n) is 19.1. The van der Waals surface area contributed by atoms with Gasteiger partial charge in [-0.3, -0.25) is 19.9 Å². The number of imidazole rings is 1. The topological polar surface area (TPSA) is 181 Å². The van der Waals surface area contributed by atoms with Gasteiger partial charge < -0.3 is 44.6 Å². The first kappa shape index (κ1) is 45.9. The number of methoxy groups -OCH3 is 1. The number of H-pyrrole nitrogens is 1. The molecule has 2 aromatic heterocycles. The van der Waals surface area contributed by atoms with Gasteiger partial charge in [0, 0.05) is 41.6 Å². The first-order chi connectivity index (χ1) is 32.2. The largest absolute Gasteiger partial charge is 0.491 e. The number of carbonyl (C=O) groups is 3. The molecule has 3 amide bonds. The summed E-state index contributed by atoms with van der Waals surface area (Å²) in [6.07, 6.45) is 1.78. The zero-order chi connectivity index (χ0) is 47.3. The molecule has 5 N–H and O–H groups in total. The van der Waals surface area contributed by atoms with Crippen LogP contribution in [-0.2, 0) is 14.3 Å². The summed E-state index contributed by atoms with van der Waals surface area (Å²) in [5.74, 6) is 1.34. The molecular formula is C51H62FN9O6. The number of hydrogen-bond acceptors (Lipinski definition) is 10. The van der Waals surface area contributed by atoms with Gasteiger partial charge in [-0.2, -0.15) is 0 Å². The minimum absolute atomic E-state index is 0.0160. The Morgan fingerprint density at radius 1 is 0.985 bits per heavy atom. The molecule has 4 aliphatic heterocycles. The number of hydrogen-bond donors (Lipinski definition) is 4. The van der Waals surface area contributed by atoms with Crippen LogP contribution in [0.5, 0.6) is 11.5 Å². The molecule has 3 aromatic carbocycles. The van der Waals surface area contributed by atoms with Gasteiger partial charge >= 0.3 is 6.09 Å². The van der Waals surface area contributed by atoms with E-state index in [9.17, 15) is 18.8 Å². The van der Waals surface area contributed by atoms with Gasteiger partial charge in [0.15, 0.2) is 0 Å². The van der Waals surface area contributed by atoms with E-state index in [-0.39, 0.29) is 54.9 Å². The Balaban J connectivity index is 1.04. The summed E-state index contributed by atoms with van der Waals surface area (Å²) in [5.41, 5.74) is 13.5. The van der Waals surface area contributed by atoms with Crippen molar-refractivity contribution in [2.24, 2.45) is 22.6 Å². The lowest BCUT2D eigenvalue weighted by Gasteiger charge is -2.32. The molecule has 4 aliphatic rings. The number of aliphatic imine (C=N–C) groups is 1. The Bertz CT molecular complexity index is 2700. The average Bonchev–Trinajstić information content (AvgIpc) is 4.19. The summed E-state index contributed by atoms with van der Waals surface area (Å²) < 4.78 is 35.2. The van der Waals surface area contributed by atoms with Crippen LogP contribution in [0.4, 0.5) is 9.18 Å². The Labute approximate surface area is 390 Å². The molecule has 5 aromatic rings. The lowest BCUT2D eigenvalue weighted by Crippen LogP contribution is -2.55. The van der Waals surface area contributed by atoms with Crippen LogP contribution < -0.4 is 25.8 Å². The van der Waals surface area contributed by atoms with E-state index >= 15 is 0 Å². The Kier molecular flexibility index (Phi) is 12.9. The van der Waals surface area contributed by atoms with Crippen LogP contribution in [0.2, 0.25) is 0 Å². The molecule has 0 spiro atoms. The third kappa shape index (κ3) is 8.88. The fourth-order valence-corrected chi connectivity index (χ4v) is 9.87. The number of amides is 3. The van der Waals surface area contributed by atoms with E-state index in [1.54, 1.807) is 6.20 Å². The Morgan fingerprint density at radius 3 is 2.55 bits per heavy atom. The molecule has 2 saturated heterocycles. The summed E-state index contributed by atoms with van der Waals surface area (Å²) in [6, 6.07) is 20.6. The van der Waals surface area contributed by atoms with Crippen LogP contribution in [0.15, 0.2) is 77.9 Å². The van der Waals surface area contributed by atoms with E-state index in [0.717, 1.165) is 69.6 Å². The van der Waals surface area contributed by atoms with Gasteiger partial charge in [0.1, 0.15) is 35.7 Å². The number of likely N-dealkylation sites (tertiary alicyclic amines) is 2. The highest BCUT2D eigenvalue weighted by molar-refractivity contribution is 6.06. The van der Waals surface area contributed by atoms with Crippen LogP contribution in [0, 0.1) is 11.8 Å². The molecule has 354 valence electrons. The van der Waals surface area contributed by atoms with Crippen LogP contribution in [-0.4, -0.2) is 111 Å². The molecular weight excluding hydrogens is 854 g/mol. The fraction of sp³-hybridized carbons (Fsp3) is 0.471. The molecule has 0 saturated carbocycles. The predicted octanol–water partition coefficient (Wildman–Crippen LogP) is 7.50. The fourth-order valence-electron chi connectivity index (χ4n) is 9.87. The molecule has 16 heteroatoms. The number of alkyl carbamates (subject to hydrolysis) is 1. The number of aromatic amines is 1. The zero-order valence-electron chi connectivity index (χ0n) is 39.3. The number of nitrogens with one attached hydrogen (secondary N) is 3. The third-order valence-corrected chi connectivity index (χ3v) is 13.8. The molecule has 0 bridgehead atoms. The van der Waals surface area contributed by atoms with Gasteiger partial charge in [0.05, 0.1) is 66.7 Å². The SMILES string of the molecule is CCC(C)Oc1cccc(C2Oc3cc(-c4cnc(C5CC(F)CN5C(=O)C(N)C(C)C)[nH]4)ccc3-c3cc4cc(C5=NC(C6CCCN6C(=O)C(NC(=O)OC)C(C)C)NC5)ccc4n32)c1. The quantitative estimate of drug-likeness (QED) is 0.0930. The highest BCUT2D eigenvalue weighted by atomic mass is 19.1. The van der Waals surface area contributed by atoms with E-state index in [0.29, 0.717) is 30.4 Å². The minimum atomic E-state index is -1.17. The Hall–Kier alpha value is -6.26. The molecule has 9 rings (SSSR count). The summed E-state index contributed by atoms with van der Waals surface area (Å²) in [7, 11) is 1.30. The lowest BCUT2D eigenvalue weighted by molar-refractivity contribution is -0.136. The summed E-state index contributed by atoms with van der Waals surface area (Å²) in [4.78, 5) is 56.0. The van der Waals surface area contributed by atoms with E-state index < -0.39 is 36.6 Å². The second kappa shape index (κ2) is 18.8. The van der Waals surface area contributed by atoms with Crippen molar-refractivity contribution in [1.82, 2.24) is 35.0 Å². The molecule has 0 aliphatic carbocycles. The van der Waals surface area contributed by atoms with Crippen molar-refractivity contribution in [3.05, 3.63) is 89.9 Å². The standard InChI is InChI=1S/C51H62FN9O6/c1-8-29(6)66-35-12-9-11-32(20-35)50-61-39-17-15-30(37-24-54-46(56-37)40-13-10-18-59(40)49(63)45(28(4)5)58-51(64)65-7)19-33(39)21-41(61)36-16-14-31(22-43(36)67-50)38-25-55-47(57-38)42-23-34(52)26-60(42)48(62)44(53)27(2)3/h9,11-12,14-17,19-22,25,27-29,34,40,42,44-46,50,54H,8,10,13,18,23-24,26,53H2,1-7H3,(H,55,57)(H,58,64).